The van der Waals surface area contributed by atoms with E-state index in [9.17, 15) is 14.9 Å². The number of ether oxygens (including phenoxy) is 1. The lowest BCUT2D eigenvalue weighted by atomic mass is 10.1. The predicted octanol–water partition coefficient (Wildman–Crippen LogP) is 4.04. The molecule has 0 aliphatic heterocycles. The van der Waals surface area contributed by atoms with Crippen molar-refractivity contribution in [3.63, 3.8) is 0 Å². The maximum atomic E-state index is 12.0. The lowest BCUT2D eigenvalue weighted by Crippen LogP contribution is -2.20. The number of carbonyl (C=O) groups is 1. The van der Waals surface area contributed by atoms with Gasteiger partial charge >= 0.3 is 5.69 Å². The zero-order chi connectivity index (χ0) is 18.5. The Morgan fingerprint density at radius 3 is 2.69 bits per heavy atom. The third-order valence-corrected chi connectivity index (χ3v) is 4.28. The summed E-state index contributed by atoms with van der Waals surface area (Å²) in [6.07, 6.45) is 0. The monoisotopic (exact) mass is 369 g/mol. The van der Waals surface area contributed by atoms with Crippen molar-refractivity contribution < 1.29 is 14.5 Å². The number of anilines is 1. The molecule has 1 N–H and O–H groups in total. The van der Waals surface area contributed by atoms with Gasteiger partial charge in [0, 0.05) is 17.0 Å². The minimum atomic E-state index is -0.554. The average Bonchev–Trinajstić information content (AvgIpc) is 3.09. The molecule has 0 saturated carbocycles. The van der Waals surface area contributed by atoms with Gasteiger partial charge in [0.15, 0.2) is 17.5 Å². The fraction of sp³-hybridized carbons (Fsp3) is 0.111. The summed E-state index contributed by atoms with van der Waals surface area (Å²) in [7, 11) is 0. The van der Waals surface area contributed by atoms with E-state index in [1.165, 1.54) is 29.5 Å². The van der Waals surface area contributed by atoms with E-state index < -0.39 is 10.8 Å². The van der Waals surface area contributed by atoms with Crippen LogP contribution < -0.4 is 10.1 Å². The van der Waals surface area contributed by atoms with Crippen molar-refractivity contribution in [1.82, 2.24) is 4.98 Å². The lowest BCUT2D eigenvalue weighted by molar-refractivity contribution is -0.385. The van der Waals surface area contributed by atoms with E-state index in [4.69, 9.17) is 4.74 Å². The van der Waals surface area contributed by atoms with E-state index in [1.54, 1.807) is 6.07 Å². The van der Waals surface area contributed by atoms with Crippen LogP contribution in [0.5, 0.6) is 5.75 Å². The summed E-state index contributed by atoms with van der Waals surface area (Å²) in [6, 6.07) is 13.8. The molecular weight excluding hydrogens is 354 g/mol. The Kier molecular flexibility index (Phi) is 5.23. The molecule has 7 nitrogen and oxygen atoms in total. The molecule has 1 aromatic heterocycles. The summed E-state index contributed by atoms with van der Waals surface area (Å²) in [5.74, 6) is -0.389. The third kappa shape index (κ3) is 4.22. The summed E-state index contributed by atoms with van der Waals surface area (Å²) >= 11 is 1.30. The molecule has 8 heteroatoms. The first-order valence-corrected chi connectivity index (χ1v) is 8.59. The van der Waals surface area contributed by atoms with E-state index >= 15 is 0 Å². The number of aryl methyl sites for hydroxylation is 1. The van der Waals surface area contributed by atoms with Crippen LogP contribution in [0.1, 0.15) is 5.56 Å². The number of nitrogens with one attached hydrogen (secondary N) is 1. The molecule has 1 amide bonds. The number of thiazole rings is 1. The molecule has 0 atom stereocenters. The molecule has 3 aromatic rings. The maximum Gasteiger partial charge on any atom is 0.310 e. The van der Waals surface area contributed by atoms with Crippen molar-refractivity contribution in [3.8, 4) is 17.0 Å². The minimum Gasteiger partial charge on any atom is -0.477 e. The van der Waals surface area contributed by atoms with Gasteiger partial charge in [-0.3, -0.25) is 20.2 Å². The van der Waals surface area contributed by atoms with Crippen LogP contribution in [-0.2, 0) is 4.79 Å². The van der Waals surface area contributed by atoms with Gasteiger partial charge in [-0.1, -0.05) is 42.0 Å². The van der Waals surface area contributed by atoms with E-state index in [0.717, 1.165) is 16.8 Å². The highest BCUT2D eigenvalue weighted by Gasteiger charge is 2.15. The molecular formula is C18H15N3O4S. The molecule has 2 aromatic carbocycles. The van der Waals surface area contributed by atoms with Crippen molar-refractivity contribution in [3.05, 3.63) is 69.6 Å². The zero-order valence-electron chi connectivity index (χ0n) is 13.8. The van der Waals surface area contributed by atoms with Crippen LogP contribution >= 0.6 is 11.3 Å². The van der Waals surface area contributed by atoms with Crippen LogP contribution in [0, 0.1) is 17.0 Å². The standard InChI is InChI=1S/C18H15N3O4S/c1-12-6-8-13(9-7-12)14-11-26-18(19-14)20-17(22)10-25-16-5-3-2-4-15(16)21(23)24/h2-9,11H,10H2,1H3,(H,19,20,22). The van der Waals surface area contributed by atoms with Gasteiger partial charge in [0.25, 0.3) is 5.91 Å². The van der Waals surface area contributed by atoms with Crippen molar-refractivity contribution >= 4 is 28.1 Å². The zero-order valence-corrected chi connectivity index (χ0v) is 14.7. The molecule has 26 heavy (non-hydrogen) atoms. The molecule has 0 unspecified atom stereocenters. The first-order chi connectivity index (χ1) is 12.5. The number of amides is 1. The first-order valence-electron chi connectivity index (χ1n) is 7.71. The molecule has 0 aliphatic carbocycles. The van der Waals surface area contributed by atoms with Gasteiger partial charge in [-0.05, 0) is 13.0 Å². The number of rotatable bonds is 6. The largest absolute Gasteiger partial charge is 0.477 e. The van der Waals surface area contributed by atoms with Gasteiger partial charge < -0.3 is 4.74 Å². The molecule has 0 bridgehead atoms. The molecule has 0 aliphatic rings. The Labute approximate surface area is 153 Å². The van der Waals surface area contributed by atoms with Gasteiger partial charge in [-0.15, -0.1) is 11.3 Å². The number of nitro groups is 1. The maximum absolute atomic E-state index is 12.0. The van der Waals surface area contributed by atoms with Crippen LogP contribution in [0.25, 0.3) is 11.3 Å². The van der Waals surface area contributed by atoms with Crippen LogP contribution in [0.15, 0.2) is 53.9 Å². The quantitative estimate of drug-likeness (QED) is 0.523. The summed E-state index contributed by atoms with van der Waals surface area (Å²) in [5.41, 5.74) is 2.70. The van der Waals surface area contributed by atoms with Crippen LogP contribution in [-0.4, -0.2) is 22.4 Å². The van der Waals surface area contributed by atoms with Gasteiger partial charge in [-0.25, -0.2) is 4.98 Å². The number of carbonyl (C=O) groups excluding carboxylic acids is 1. The highest BCUT2D eigenvalue weighted by molar-refractivity contribution is 7.14. The number of benzene rings is 2. The topological polar surface area (TPSA) is 94.4 Å². The number of nitro benzene ring substituents is 1. The van der Waals surface area contributed by atoms with Gasteiger partial charge in [0.05, 0.1) is 10.6 Å². The fourth-order valence-corrected chi connectivity index (χ4v) is 2.95. The van der Waals surface area contributed by atoms with Crippen LogP contribution in [0.3, 0.4) is 0 Å². The van der Waals surface area contributed by atoms with Crippen LogP contribution in [0.4, 0.5) is 10.8 Å². The SMILES string of the molecule is Cc1ccc(-c2csc(NC(=O)COc3ccccc3[N+](=O)[O-])n2)cc1. The third-order valence-electron chi connectivity index (χ3n) is 3.52. The first kappa shape index (κ1) is 17.6. The van der Waals surface area contributed by atoms with E-state index in [2.05, 4.69) is 10.3 Å². The molecule has 0 radical (unpaired) electrons. The van der Waals surface area contributed by atoms with Crippen molar-refractivity contribution in [2.24, 2.45) is 0 Å². The smallest absolute Gasteiger partial charge is 0.310 e. The highest BCUT2D eigenvalue weighted by atomic mass is 32.1. The van der Waals surface area contributed by atoms with Crippen molar-refractivity contribution in [2.45, 2.75) is 6.92 Å². The molecule has 3 rings (SSSR count). The average molecular weight is 369 g/mol. The van der Waals surface area contributed by atoms with Gasteiger partial charge in [0.2, 0.25) is 0 Å². The van der Waals surface area contributed by atoms with Crippen molar-refractivity contribution in [2.75, 3.05) is 11.9 Å². The van der Waals surface area contributed by atoms with E-state index in [1.807, 2.05) is 36.6 Å². The number of hydrogen-bond acceptors (Lipinski definition) is 6. The number of nitrogens with zero attached hydrogens (tertiary/aromatic N) is 2. The summed E-state index contributed by atoms with van der Waals surface area (Å²) in [5, 5.41) is 15.9. The summed E-state index contributed by atoms with van der Waals surface area (Å²) < 4.78 is 5.26. The Hall–Kier alpha value is -3.26. The second kappa shape index (κ2) is 7.75. The second-order valence-electron chi connectivity index (χ2n) is 5.47. The Bertz CT molecular complexity index is 938. The normalized spacial score (nSPS) is 10.3. The Morgan fingerprint density at radius 2 is 1.96 bits per heavy atom. The number of aromatic nitrogens is 1. The Balaban J connectivity index is 1.61. The minimum absolute atomic E-state index is 0.0483. The molecule has 0 fully saturated rings. The summed E-state index contributed by atoms with van der Waals surface area (Å²) in [4.78, 5) is 26.8. The van der Waals surface area contributed by atoms with E-state index in [0.29, 0.717) is 5.13 Å². The Morgan fingerprint density at radius 1 is 1.23 bits per heavy atom. The number of para-hydroxylation sites is 2. The molecule has 0 saturated heterocycles. The lowest BCUT2D eigenvalue weighted by Gasteiger charge is -2.06. The van der Waals surface area contributed by atoms with E-state index in [-0.39, 0.29) is 18.0 Å². The van der Waals surface area contributed by atoms with Crippen molar-refractivity contribution in [1.29, 1.82) is 0 Å². The molecule has 0 spiro atoms. The number of hydrogen-bond donors (Lipinski definition) is 1. The second-order valence-corrected chi connectivity index (χ2v) is 6.32. The highest BCUT2D eigenvalue weighted by Crippen LogP contribution is 2.27. The molecule has 1 heterocycles. The van der Waals surface area contributed by atoms with Gasteiger partial charge in [0.1, 0.15) is 0 Å². The predicted molar refractivity (Wildman–Crippen MR) is 99.5 cm³/mol. The fourth-order valence-electron chi connectivity index (χ4n) is 2.22. The summed E-state index contributed by atoms with van der Waals surface area (Å²) in [6.45, 7) is 1.66. The molecule has 132 valence electrons. The van der Waals surface area contributed by atoms with Gasteiger partial charge in [-0.2, -0.15) is 0 Å². The van der Waals surface area contributed by atoms with Crippen LogP contribution in [0.2, 0.25) is 0 Å².